The molecule has 0 aromatic rings. The van der Waals surface area contributed by atoms with Crippen LogP contribution in [0.5, 0.6) is 0 Å². The van der Waals surface area contributed by atoms with Crippen LogP contribution < -0.4 is 12.4 Å². The summed E-state index contributed by atoms with van der Waals surface area (Å²) < 4.78 is 0.991. The fourth-order valence-electron chi connectivity index (χ4n) is 3.89. The zero-order chi connectivity index (χ0) is 20.8. The molecule has 29 heavy (non-hydrogen) atoms. The summed E-state index contributed by atoms with van der Waals surface area (Å²) in [4.78, 5) is 0. The third-order valence-electron chi connectivity index (χ3n) is 5.82. The quantitative estimate of drug-likeness (QED) is 0.139. The van der Waals surface area contributed by atoms with E-state index in [1.807, 2.05) is 0 Å². The molecule has 0 aliphatic heterocycles. The molecule has 0 bridgehead atoms. The fraction of sp³-hybridized carbons (Fsp3) is 0.840. The zero-order valence-electron chi connectivity index (χ0n) is 19.3. The lowest BCUT2D eigenvalue weighted by molar-refractivity contribution is -0.898. The highest BCUT2D eigenvalue weighted by molar-refractivity contribution is 6.25. The van der Waals surface area contributed by atoms with E-state index in [-0.39, 0.29) is 12.4 Å². The van der Waals surface area contributed by atoms with Gasteiger partial charge in [0.25, 0.3) is 0 Å². The van der Waals surface area contributed by atoms with Gasteiger partial charge >= 0.3 is 0 Å². The van der Waals surface area contributed by atoms with Crippen LogP contribution in [-0.4, -0.2) is 31.2 Å². The van der Waals surface area contributed by atoms with Crippen LogP contribution in [-0.2, 0) is 0 Å². The molecule has 0 saturated carbocycles. The second-order valence-electron chi connectivity index (χ2n) is 8.73. The molecule has 0 aliphatic carbocycles. The Hall–Kier alpha value is 0.310. The smallest absolute Gasteiger partial charge is 0.0985 e. The van der Waals surface area contributed by atoms with E-state index < -0.39 is 0 Å². The van der Waals surface area contributed by atoms with Gasteiger partial charge in [-0.25, -0.2) is 0 Å². The van der Waals surface area contributed by atoms with Gasteiger partial charge in [0.1, 0.15) is 0 Å². The SMILES string of the molecule is CCCCCCCCCCCCCCCCCC[N+](C)(CC=CCl)CC=CCl.[Cl-]. The number of halogens is 3. The lowest BCUT2D eigenvalue weighted by Gasteiger charge is -2.32. The van der Waals surface area contributed by atoms with Crippen LogP contribution in [0.25, 0.3) is 0 Å². The number of quaternary nitrogens is 1. The van der Waals surface area contributed by atoms with E-state index in [1.54, 1.807) is 11.1 Å². The predicted octanol–water partition coefficient (Wildman–Crippen LogP) is 6.20. The molecule has 0 amide bonds. The lowest BCUT2D eigenvalue weighted by atomic mass is 10.0. The zero-order valence-corrected chi connectivity index (χ0v) is 21.6. The van der Waals surface area contributed by atoms with E-state index in [2.05, 4.69) is 26.1 Å². The van der Waals surface area contributed by atoms with Crippen LogP contribution in [0.15, 0.2) is 23.2 Å². The van der Waals surface area contributed by atoms with Crippen molar-refractivity contribution >= 4 is 23.2 Å². The maximum Gasteiger partial charge on any atom is 0.0985 e. The maximum atomic E-state index is 5.71. The molecule has 4 heteroatoms. The summed E-state index contributed by atoms with van der Waals surface area (Å²) in [6, 6.07) is 0. The monoisotopic (exact) mass is 467 g/mol. The van der Waals surface area contributed by atoms with Crippen LogP contribution in [0, 0.1) is 0 Å². The van der Waals surface area contributed by atoms with Gasteiger partial charge in [0.05, 0.1) is 26.7 Å². The minimum absolute atomic E-state index is 0. The molecule has 0 fully saturated rings. The van der Waals surface area contributed by atoms with Gasteiger partial charge < -0.3 is 16.9 Å². The Kier molecular flexibility index (Phi) is 26.7. The van der Waals surface area contributed by atoms with Crippen molar-refractivity contribution < 1.29 is 16.9 Å². The molecule has 0 aromatic carbocycles. The van der Waals surface area contributed by atoms with Crippen molar-refractivity contribution in [3.8, 4) is 0 Å². The first-order valence-corrected chi connectivity index (χ1v) is 12.9. The number of unbranched alkanes of at least 4 members (excludes halogenated alkanes) is 15. The second kappa shape index (κ2) is 24.6. The van der Waals surface area contributed by atoms with Gasteiger partial charge in [-0.05, 0) is 25.0 Å². The highest BCUT2D eigenvalue weighted by Gasteiger charge is 2.17. The normalized spacial score (nSPS) is 13.8. The van der Waals surface area contributed by atoms with Gasteiger partial charge in [-0.15, -0.1) is 0 Å². The number of hydrogen-bond acceptors (Lipinski definition) is 0. The van der Waals surface area contributed by atoms with Crippen molar-refractivity contribution in [2.24, 2.45) is 0 Å². The van der Waals surface area contributed by atoms with Gasteiger partial charge in [0, 0.05) is 11.1 Å². The Balaban J connectivity index is 0. The fourth-order valence-corrected chi connectivity index (χ4v) is 4.05. The first kappa shape index (κ1) is 31.5. The average Bonchev–Trinajstić information content (AvgIpc) is 2.70. The van der Waals surface area contributed by atoms with E-state index in [9.17, 15) is 0 Å². The molecule has 0 aliphatic rings. The van der Waals surface area contributed by atoms with E-state index in [4.69, 9.17) is 23.2 Å². The average molecular weight is 469 g/mol. The van der Waals surface area contributed by atoms with Crippen molar-refractivity contribution in [1.82, 2.24) is 0 Å². The van der Waals surface area contributed by atoms with E-state index >= 15 is 0 Å². The van der Waals surface area contributed by atoms with Crippen molar-refractivity contribution in [3.63, 3.8) is 0 Å². The molecule has 0 saturated heterocycles. The summed E-state index contributed by atoms with van der Waals surface area (Å²) >= 11 is 11.4. The van der Waals surface area contributed by atoms with E-state index in [0.717, 1.165) is 17.6 Å². The molecular formula is C25H48Cl3N. The number of rotatable bonds is 21. The highest BCUT2D eigenvalue weighted by Crippen LogP contribution is 2.14. The third-order valence-corrected chi connectivity index (χ3v) is 6.18. The molecule has 0 heterocycles. The Labute approximate surface area is 199 Å². The highest BCUT2D eigenvalue weighted by atomic mass is 35.5. The molecular weight excluding hydrogens is 421 g/mol. The topological polar surface area (TPSA) is 0 Å². The summed E-state index contributed by atoms with van der Waals surface area (Å²) in [6.07, 6.45) is 26.8. The van der Waals surface area contributed by atoms with Crippen LogP contribution >= 0.6 is 23.2 Å². The maximum absolute atomic E-state index is 5.71. The van der Waals surface area contributed by atoms with Crippen LogP contribution in [0.4, 0.5) is 0 Å². The molecule has 0 radical (unpaired) electrons. The van der Waals surface area contributed by atoms with Crippen LogP contribution in [0.1, 0.15) is 110 Å². The van der Waals surface area contributed by atoms with Gasteiger partial charge in [0.15, 0.2) is 0 Å². The summed E-state index contributed by atoms with van der Waals surface area (Å²) in [5, 5.41) is 0. The van der Waals surface area contributed by atoms with Crippen molar-refractivity contribution in [1.29, 1.82) is 0 Å². The molecule has 174 valence electrons. The van der Waals surface area contributed by atoms with Gasteiger partial charge in [-0.3, -0.25) is 0 Å². The standard InChI is InChI=1S/C25H48Cl2N.ClH/c1-3-4-5-6-7-8-9-10-11-12-13-14-15-16-17-18-23-28(2,24-19-21-26)25-20-22-27;/h19-22H,3-18,23-25H2,1-2H3;1H/q+1;/p-1. The first-order chi connectivity index (χ1) is 13.7. The number of likely N-dealkylation sites (N-methyl/N-ethyl adjacent to an activating group) is 1. The predicted molar refractivity (Wildman–Crippen MR) is 130 cm³/mol. The van der Waals surface area contributed by atoms with E-state index in [0.29, 0.717) is 0 Å². The molecule has 0 rings (SSSR count). The Morgan fingerprint density at radius 1 is 0.552 bits per heavy atom. The third kappa shape index (κ3) is 22.8. The van der Waals surface area contributed by atoms with Crippen molar-refractivity contribution in [2.45, 2.75) is 110 Å². The van der Waals surface area contributed by atoms with Crippen molar-refractivity contribution in [2.75, 3.05) is 26.7 Å². The minimum Gasteiger partial charge on any atom is -1.00 e. The minimum atomic E-state index is 0. The summed E-state index contributed by atoms with van der Waals surface area (Å²) in [5.74, 6) is 0. The van der Waals surface area contributed by atoms with Crippen LogP contribution in [0.3, 0.4) is 0 Å². The Morgan fingerprint density at radius 3 is 1.17 bits per heavy atom. The van der Waals surface area contributed by atoms with E-state index in [1.165, 1.54) is 109 Å². The summed E-state index contributed by atoms with van der Waals surface area (Å²) in [6.45, 7) is 5.44. The molecule has 1 nitrogen and oxygen atoms in total. The lowest BCUT2D eigenvalue weighted by Crippen LogP contribution is -3.00. The second-order valence-corrected chi connectivity index (χ2v) is 9.24. The van der Waals surface area contributed by atoms with Gasteiger partial charge in [-0.2, -0.15) is 0 Å². The molecule has 0 spiro atoms. The summed E-state index contributed by atoms with van der Waals surface area (Å²) in [5.41, 5.74) is 3.27. The Morgan fingerprint density at radius 2 is 0.862 bits per heavy atom. The van der Waals surface area contributed by atoms with Gasteiger partial charge in [-0.1, -0.05) is 120 Å². The number of hydrogen-bond donors (Lipinski definition) is 0. The van der Waals surface area contributed by atoms with Gasteiger partial charge in [0.2, 0.25) is 0 Å². The summed E-state index contributed by atoms with van der Waals surface area (Å²) in [7, 11) is 2.29. The van der Waals surface area contributed by atoms with Crippen LogP contribution in [0.2, 0.25) is 0 Å². The molecule has 0 atom stereocenters. The first-order valence-electron chi connectivity index (χ1n) is 12.0. The largest absolute Gasteiger partial charge is 1.00 e. The Bertz CT molecular complexity index is 355. The molecule has 0 unspecified atom stereocenters. The number of nitrogens with zero attached hydrogens (tertiary/aromatic N) is 1. The van der Waals surface area contributed by atoms with Crippen molar-refractivity contribution in [3.05, 3.63) is 23.2 Å². The molecule has 0 aromatic heterocycles. The molecule has 0 N–H and O–H groups in total.